The van der Waals surface area contributed by atoms with Crippen molar-refractivity contribution in [2.45, 2.75) is 58.3 Å². The van der Waals surface area contributed by atoms with Crippen LogP contribution in [0.15, 0.2) is 30.3 Å². The molecule has 0 spiro atoms. The number of hydrogen-bond donors (Lipinski definition) is 1. The summed E-state index contributed by atoms with van der Waals surface area (Å²) in [6.45, 7) is 4.95. The fraction of sp³-hybridized carbons (Fsp3) is 0.560. The highest BCUT2D eigenvalue weighted by Gasteiger charge is 2.38. The molecule has 1 N–H and O–H groups in total. The van der Waals surface area contributed by atoms with Crippen LogP contribution in [0.4, 0.5) is 4.79 Å². The Labute approximate surface area is 211 Å². The van der Waals surface area contributed by atoms with Crippen molar-refractivity contribution in [3.05, 3.63) is 35.9 Å². The lowest BCUT2D eigenvalue weighted by atomic mass is 10.0. The molecule has 1 heterocycles. The maximum absolute atomic E-state index is 13.2. The van der Waals surface area contributed by atoms with Crippen molar-refractivity contribution in [2.24, 2.45) is 0 Å². The van der Waals surface area contributed by atoms with Crippen molar-refractivity contribution in [1.29, 1.82) is 0 Å². The minimum absolute atomic E-state index is 0.0544. The quantitative estimate of drug-likeness (QED) is 0.375. The lowest BCUT2D eigenvalue weighted by Gasteiger charge is -2.40. The number of carbonyl (C=O) groups excluding carboxylic acids is 5. The lowest BCUT2D eigenvalue weighted by molar-refractivity contribution is -0.163. The standard InChI is InChI=1S/C25H35N3O8/c1-25(2,3)36-22(31)16-27-13-14-28(19(23(27)32)11-8-12-21(30)34-4)20(29)15-26-24(33)35-17-18-9-6-5-7-10-18/h5-7,9-10,19H,8,11-17H2,1-4H3,(H,26,33)/t19-/m0/s1. The van der Waals surface area contributed by atoms with Crippen LogP contribution in [0.1, 0.15) is 45.6 Å². The Kier molecular flexibility index (Phi) is 10.7. The molecule has 0 radical (unpaired) electrons. The first kappa shape index (κ1) is 28.6. The first-order valence-electron chi connectivity index (χ1n) is 11.8. The number of amides is 3. The summed E-state index contributed by atoms with van der Waals surface area (Å²) < 4.78 is 15.1. The maximum Gasteiger partial charge on any atom is 0.407 e. The van der Waals surface area contributed by atoms with E-state index in [-0.39, 0.29) is 45.6 Å². The largest absolute Gasteiger partial charge is 0.469 e. The third-order valence-electron chi connectivity index (χ3n) is 5.33. The van der Waals surface area contributed by atoms with Gasteiger partial charge in [-0.3, -0.25) is 19.2 Å². The fourth-order valence-electron chi connectivity index (χ4n) is 3.67. The lowest BCUT2D eigenvalue weighted by Crippen LogP contribution is -2.61. The van der Waals surface area contributed by atoms with Gasteiger partial charge >= 0.3 is 18.0 Å². The Bertz CT molecular complexity index is 929. The first-order chi connectivity index (χ1) is 17.0. The highest BCUT2D eigenvalue weighted by atomic mass is 16.6. The van der Waals surface area contributed by atoms with Crippen molar-refractivity contribution in [3.63, 3.8) is 0 Å². The van der Waals surface area contributed by atoms with Crippen LogP contribution in [0.25, 0.3) is 0 Å². The van der Waals surface area contributed by atoms with Gasteiger partial charge in [0.2, 0.25) is 11.8 Å². The van der Waals surface area contributed by atoms with Crippen LogP contribution >= 0.6 is 0 Å². The molecule has 0 saturated carbocycles. The minimum Gasteiger partial charge on any atom is -0.469 e. The minimum atomic E-state index is -0.888. The SMILES string of the molecule is COC(=O)CCC[C@H]1C(=O)N(CC(=O)OC(C)(C)C)CCN1C(=O)CNC(=O)OCc1ccccc1. The molecule has 0 bridgehead atoms. The molecule has 2 rings (SSSR count). The molecular weight excluding hydrogens is 470 g/mol. The molecular formula is C25H35N3O8. The number of nitrogens with zero attached hydrogens (tertiary/aromatic N) is 2. The molecule has 1 aromatic carbocycles. The molecule has 11 nitrogen and oxygen atoms in total. The van der Waals surface area contributed by atoms with Crippen molar-refractivity contribution >= 4 is 29.8 Å². The molecule has 3 amide bonds. The number of benzene rings is 1. The van der Waals surface area contributed by atoms with Crippen LogP contribution in [0, 0.1) is 0 Å². The second-order valence-electron chi connectivity index (χ2n) is 9.33. The van der Waals surface area contributed by atoms with Gasteiger partial charge < -0.3 is 29.3 Å². The average Bonchev–Trinajstić information content (AvgIpc) is 2.82. The second-order valence-corrected chi connectivity index (χ2v) is 9.33. The molecule has 1 saturated heterocycles. The summed E-state index contributed by atoms with van der Waals surface area (Å²) in [6, 6.07) is 8.21. The number of alkyl carbamates (subject to hydrolysis) is 1. The fourth-order valence-corrected chi connectivity index (χ4v) is 3.67. The molecule has 0 aliphatic carbocycles. The van der Waals surface area contributed by atoms with E-state index >= 15 is 0 Å². The Hall–Kier alpha value is -3.63. The van der Waals surface area contributed by atoms with E-state index < -0.39 is 41.5 Å². The van der Waals surface area contributed by atoms with E-state index in [0.29, 0.717) is 6.42 Å². The number of esters is 2. The van der Waals surface area contributed by atoms with Crippen LogP contribution in [0.3, 0.4) is 0 Å². The second kappa shape index (κ2) is 13.5. The molecule has 36 heavy (non-hydrogen) atoms. The highest BCUT2D eigenvalue weighted by Crippen LogP contribution is 2.18. The molecule has 11 heteroatoms. The van der Waals surface area contributed by atoms with Gasteiger partial charge in [-0.1, -0.05) is 30.3 Å². The predicted molar refractivity (Wildman–Crippen MR) is 128 cm³/mol. The van der Waals surface area contributed by atoms with Crippen LogP contribution in [0.5, 0.6) is 0 Å². The van der Waals surface area contributed by atoms with Crippen molar-refractivity contribution in [2.75, 3.05) is 33.3 Å². The van der Waals surface area contributed by atoms with Gasteiger partial charge in [-0.2, -0.15) is 0 Å². The number of rotatable bonds is 10. The molecule has 198 valence electrons. The Balaban J connectivity index is 1.97. The number of nitrogens with one attached hydrogen (secondary N) is 1. The Morgan fingerprint density at radius 2 is 1.75 bits per heavy atom. The third-order valence-corrected chi connectivity index (χ3v) is 5.33. The Morgan fingerprint density at radius 3 is 2.39 bits per heavy atom. The summed E-state index contributed by atoms with van der Waals surface area (Å²) in [5.74, 6) is -1.87. The van der Waals surface area contributed by atoms with Crippen molar-refractivity contribution in [3.8, 4) is 0 Å². The van der Waals surface area contributed by atoms with Gasteiger partial charge in [-0.25, -0.2) is 4.79 Å². The smallest absolute Gasteiger partial charge is 0.407 e. The van der Waals surface area contributed by atoms with E-state index in [1.807, 2.05) is 18.2 Å². The van der Waals surface area contributed by atoms with Crippen LogP contribution in [0.2, 0.25) is 0 Å². The summed E-state index contributed by atoms with van der Waals surface area (Å²) in [5.41, 5.74) is 0.106. The molecule has 1 aliphatic heterocycles. The van der Waals surface area contributed by atoms with E-state index in [0.717, 1.165) is 5.56 Å². The molecule has 0 unspecified atom stereocenters. The van der Waals surface area contributed by atoms with Crippen LogP contribution in [-0.2, 0) is 40.0 Å². The van der Waals surface area contributed by atoms with Gasteiger partial charge in [0, 0.05) is 19.5 Å². The first-order valence-corrected chi connectivity index (χ1v) is 11.8. The van der Waals surface area contributed by atoms with Gasteiger partial charge in [0.15, 0.2) is 0 Å². The molecule has 1 atom stereocenters. The number of piperazine rings is 1. The highest BCUT2D eigenvalue weighted by molar-refractivity contribution is 5.92. The zero-order chi connectivity index (χ0) is 26.7. The number of hydrogen-bond acceptors (Lipinski definition) is 8. The van der Waals surface area contributed by atoms with E-state index in [4.69, 9.17) is 9.47 Å². The van der Waals surface area contributed by atoms with E-state index in [1.165, 1.54) is 16.9 Å². The van der Waals surface area contributed by atoms with Crippen molar-refractivity contribution in [1.82, 2.24) is 15.1 Å². The van der Waals surface area contributed by atoms with E-state index in [2.05, 4.69) is 10.1 Å². The number of ether oxygens (including phenoxy) is 3. The zero-order valence-corrected chi connectivity index (χ0v) is 21.3. The van der Waals surface area contributed by atoms with E-state index in [1.54, 1.807) is 32.9 Å². The normalized spacial score (nSPS) is 15.8. The summed E-state index contributed by atoms with van der Waals surface area (Å²) in [7, 11) is 1.27. The predicted octanol–water partition coefficient (Wildman–Crippen LogP) is 1.64. The maximum atomic E-state index is 13.2. The van der Waals surface area contributed by atoms with Gasteiger partial charge in [0.1, 0.15) is 31.3 Å². The Morgan fingerprint density at radius 1 is 1.06 bits per heavy atom. The number of methoxy groups -OCH3 is 1. The summed E-state index contributed by atoms with van der Waals surface area (Å²) in [4.78, 5) is 64.6. The van der Waals surface area contributed by atoms with Crippen LogP contribution in [-0.4, -0.2) is 84.6 Å². The molecule has 1 aliphatic rings. The third kappa shape index (κ3) is 9.55. The van der Waals surface area contributed by atoms with Crippen LogP contribution < -0.4 is 5.32 Å². The van der Waals surface area contributed by atoms with Gasteiger partial charge in [0.05, 0.1) is 7.11 Å². The zero-order valence-electron chi connectivity index (χ0n) is 21.3. The van der Waals surface area contributed by atoms with Gasteiger partial charge in [-0.15, -0.1) is 0 Å². The number of carbonyl (C=O) groups is 5. The van der Waals surface area contributed by atoms with E-state index in [9.17, 15) is 24.0 Å². The molecule has 1 fully saturated rings. The summed E-state index contributed by atoms with van der Waals surface area (Å²) >= 11 is 0. The van der Waals surface area contributed by atoms with Crippen molar-refractivity contribution < 1.29 is 38.2 Å². The van der Waals surface area contributed by atoms with Gasteiger partial charge in [0.25, 0.3) is 0 Å². The average molecular weight is 506 g/mol. The summed E-state index contributed by atoms with van der Waals surface area (Å²) in [5, 5.41) is 2.41. The molecule has 1 aromatic rings. The van der Waals surface area contributed by atoms with Gasteiger partial charge in [-0.05, 0) is 39.2 Å². The monoisotopic (exact) mass is 505 g/mol. The molecule has 0 aromatic heterocycles. The topological polar surface area (TPSA) is 132 Å². The summed E-state index contributed by atoms with van der Waals surface area (Å²) in [6.07, 6.45) is -0.175.